The molecule has 2 saturated carbocycles. The number of ketones is 2. The molecule has 2 aliphatic rings. The average Bonchev–Trinajstić information content (AvgIpc) is 3.06. The first-order valence-electron chi connectivity index (χ1n) is 13.1. The van der Waals surface area contributed by atoms with Crippen LogP contribution in [-0.2, 0) is 30.6 Å². The van der Waals surface area contributed by atoms with Crippen LogP contribution in [0.3, 0.4) is 0 Å². The van der Waals surface area contributed by atoms with Crippen LogP contribution in [0.2, 0.25) is 0 Å². The maximum Gasteiger partial charge on any atom is 0.181 e. The third-order valence-electron chi connectivity index (χ3n) is 7.81. The Morgan fingerprint density at radius 3 is 2.00 bits per heavy atom. The van der Waals surface area contributed by atoms with E-state index in [0.717, 1.165) is 25.0 Å². The van der Waals surface area contributed by atoms with Crippen molar-refractivity contribution < 1.29 is 22.6 Å². The molecule has 2 atom stereocenters. The van der Waals surface area contributed by atoms with E-state index < -0.39 is 21.3 Å². The summed E-state index contributed by atoms with van der Waals surface area (Å²) in [6, 6.07) is 0. The topological polar surface area (TPSA) is 91.3 Å². The smallest absolute Gasteiger partial charge is 0.181 e. The Labute approximate surface area is 206 Å². The number of hydrogen-bond donors (Lipinski definition) is 0. The maximum atomic E-state index is 11.9. The van der Waals surface area contributed by atoms with E-state index >= 15 is 0 Å². The predicted octanol–water partition coefficient (Wildman–Crippen LogP) is 5.67. The second-order valence-electron chi connectivity index (χ2n) is 10.6. The van der Waals surface area contributed by atoms with Crippen molar-refractivity contribution in [1.29, 1.82) is 0 Å². The third-order valence-corrected chi connectivity index (χ3v) is 11.1. The molecule has 0 aliphatic heterocycles. The Morgan fingerprint density at radius 1 is 1.00 bits per heavy atom. The van der Waals surface area contributed by atoms with E-state index in [-0.39, 0.29) is 17.1 Å². The Hall–Kier alpha value is -0.400. The van der Waals surface area contributed by atoms with Crippen LogP contribution < -0.4 is 0 Å². The number of hydrogen-bond acceptors (Lipinski definition) is 5. The lowest BCUT2D eigenvalue weighted by atomic mass is 9.70. The van der Waals surface area contributed by atoms with Gasteiger partial charge in [-0.2, -0.15) is 0 Å². The van der Waals surface area contributed by atoms with Gasteiger partial charge >= 0.3 is 0 Å². The molecule has 0 amide bonds. The molecular formula is C26H48O5S2. The van der Waals surface area contributed by atoms with Gasteiger partial charge in [-0.15, -0.1) is 0 Å². The van der Waals surface area contributed by atoms with Crippen molar-refractivity contribution in [3.63, 3.8) is 0 Å². The summed E-state index contributed by atoms with van der Waals surface area (Å²) in [5, 5.41) is 0. The molecule has 0 spiro atoms. The molecule has 0 radical (unpaired) electrons. The molecule has 33 heavy (non-hydrogen) atoms. The lowest BCUT2D eigenvalue weighted by Gasteiger charge is -2.37. The fourth-order valence-corrected chi connectivity index (χ4v) is 9.17. The number of carbonyl (C=O) groups is 2. The summed E-state index contributed by atoms with van der Waals surface area (Å²) >= 11 is 0. The van der Waals surface area contributed by atoms with E-state index in [4.69, 9.17) is 0 Å². The molecule has 0 aromatic carbocycles. The number of rotatable bonds is 15. The highest BCUT2D eigenvalue weighted by molar-refractivity contribution is 7.97. The van der Waals surface area contributed by atoms with Gasteiger partial charge in [0.05, 0.1) is 15.9 Å². The van der Waals surface area contributed by atoms with Gasteiger partial charge in [0.25, 0.3) is 0 Å². The van der Waals surface area contributed by atoms with Crippen molar-refractivity contribution in [3.8, 4) is 0 Å². The van der Waals surface area contributed by atoms with Crippen LogP contribution >= 0.6 is 0 Å². The minimum absolute atomic E-state index is 0.0248. The number of unbranched alkanes of at least 4 members (excludes halogenated alkanes) is 5. The highest BCUT2D eigenvalue weighted by Gasteiger charge is 2.64. The molecule has 2 fully saturated rings. The molecule has 0 heterocycles. The molecule has 2 rings (SSSR count). The Bertz CT molecular complexity index is 708. The maximum absolute atomic E-state index is 11.9. The van der Waals surface area contributed by atoms with Gasteiger partial charge in [0.15, 0.2) is 11.5 Å². The summed E-state index contributed by atoms with van der Waals surface area (Å²) in [6.45, 7) is 10.5. The summed E-state index contributed by atoms with van der Waals surface area (Å²) in [7, 11) is -3.94. The van der Waals surface area contributed by atoms with Gasteiger partial charge < -0.3 is 4.55 Å². The Morgan fingerprint density at radius 2 is 1.58 bits per heavy atom. The van der Waals surface area contributed by atoms with Crippen molar-refractivity contribution in [1.82, 2.24) is 0 Å². The van der Waals surface area contributed by atoms with Crippen molar-refractivity contribution in [3.05, 3.63) is 0 Å². The zero-order valence-corrected chi connectivity index (χ0v) is 23.4. The molecular weight excluding hydrogens is 456 g/mol. The summed E-state index contributed by atoms with van der Waals surface area (Å²) in [4.78, 5) is 23.8. The first kappa shape index (κ1) is 30.6. The number of Topliss-reactive ketones (excluding diaryl/α,β-unsaturated/α-hetero) is 2. The monoisotopic (exact) mass is 504 g/mol. The van der Waals surface area contributed by atoms with Gasteiger partial charge in [0, 0.05) is 18.3 Å². The third kappa shape index (κ3) is 9.29. The van der Waals surface area contributed by atoms with Crippen LogP contribution in [0.5, 0.6) is 0 Å². The van der Waals surface area contributed by atoms with Crippen molar-refractivity contribution in [2.75, 3.05) is 23.0 Å². The van der Waals surface area contributed by atoms with Crippen LogP contribution in [0.4, 0.5) is 0 Å². The van der Waals surface area contributed by atoms with Gasteiger partial charge in [0.1, 0.15) is 17.3 Å². The van der Waals surface area contributed by atoms with Crippen LogP contribution in [0, 0.1) is 16.7 Å². The van der Waals surface area contributed by atoms with Gasteiger partial charge in [0.2, 0.25) is 0 Å². The Balaban J connectivity index is 0.000000334. The fraction of sp³-hybridized carbons (Fsp3) is 0.923. The van der Waals surface area contributed by atoms with E-state index in [9.17, 15) is 22.6 Å². The molecule has 2 unspecified atom stereocenters. The van der Waals surface area contributed by atoms with E-state index in [1.54, 1.807) is 0 Å². The zero-order valence-electron chi connectivity index (χ0n) is 21.7. The molecule has 2 aliphatic carbocycles. The zero-order chi connectivity index (χ0) is 25.1. The Kier molecular flexibility index (Phi) is 13.2. The van der Waals surface area contributed by atoms with E-state index in [1.807, 2.05) is 13.8 Å². The lowest BCUT2D eigenvalue weighted by Crippen LogP contribution is -2.42. The summed E-state index contributed by atoms with van der Waals surface area (Å²) in [6.07, 6.45) is 12.7. The van der Waals surface area contributed by atoms with Crippen molar-refractivity contribution in [2.45, 2.75) is 112 Å². The molecule has 0 aromatic heterocycles. The standard InChI is InChI=1S/C16H33OS.C10H16O4S/c1-4-7-10-11-12-16(17)15-18(13-8-5-2)14-9-6-3;1-9(2)7-3-4-10(9,8(11)5-7)6-15(12,13)14/h4-15H2,1-3H3;7H,3-6H2,1-2H3,(H,12,13,14)/q+1;/p-1. The van der Waals surface area contributed by atoms with E-state index in [0.29, 0.717) is 29.5 Å². The summed E-state index contributed by atoms with van der Waals surface area (Å²) in [5.41, 5.74) is -1.22. The fourth-order valence-electron chi connectivity index (χ4n) is 5.40. The van der Waals surface area contributed by atoms with Crippen LogP contribution in [0.1, 0.15) is 112 Å². The van der Waals surface area contributed by atoms with Gasteiger partial charge in [-0.25, -0.2) is 8.42 Å². The SMILES string of the molecule is CC1(C)C2CCC1(CS(=O)(=O)[O-])C(=O)C2.CCCCCCC(=O)C[S+](CCCC)CCCC. The highest BCUT2D eigenvalue weighted by atomic mass is 32.2. The number of fused-ring (bicyclic) bond motifs is 2. The second-order valence-corrected chi connectivity index (χ2v) is 14.3. The summed E-state index contributed by atoms with van der Waals surface area (Å²) in [5.74, 6) is 3.71. The number of carbonyl (C=O) groups excluding carboxylic acids is 2. The van der Waals surface area contributed by atoms with Crippen LogP contribution in [0.25, 0.3) is 0 Å². The largest absolute Gasteiger partial charge is 0.748 e. The average molecular weight is 505 g/mol. The quantitative estimate of drug-likeness (QED) is 0.163. The van der Waals surface area contributed by atoms with Crippen LogP contribution in [0.15, 0.2) is 0 Å². The minimum Gasteiger partial charge on any atom is -0.748 e. The normalized spacial score (nSPS) is 23.6. The minimum atomic E-state index is -4.33. The van der Waals surface area contributed by atoms with Crippen LogP contribution in [-0.4, -0.2) is 47.5 Å². The second kappa shape index (κ2) is 14.2. The molecule has 0 aromatic rings. The summed E-state index contributed by atoms with van der Waals surface area (Å²) < 4.78 is 32.7. The molecule has 5 nitrogen and oxygen atoms in total. The highest BCUT2D eigenvalue weighted by Crippen LogP contribution is 2.64. The van der Waals surface area contributed by atoms with Gasteiger partial charge in [-0.1, -0.05) is 66.7 Å². The lowest BCUT2D eigenvalue weighted by molar-refractivity contribution is -0.128. The first-order valence-corrected chi connectivity index (χ1v) is 16.4. The molecule has 7 heteroatoms. The first-order chi connectivity index (χ1) is 15.4. The van der Waals surface area contributed by atoms with E-state index in [1.165, 1.54) is 56.5 Å². The predicted molar refractivity (Wildman–Crippen MR) is 139 cm³/mol. The molecule has 0 saturated heterocycles. The van der Waals surface area contributed by atoms with Crippen molar-refractivity contribution >= 4 is 32.6 Å². The van der Waals surface area contributed by atoms with Gasteiger partial charge in [-0.05, 0) is 54.3 Å². The molecule has 0 N–H and O–H groups in total. The van der Waals surface area contributed by atoms with Gasteiger partial charge in [-0.3, -0.25) is 9.59 Å². The van der Waals surface area contributed by atoms with E-state index in [2.05, 4.69) is 20.8 Å². The molecule has 2 bridgehead atoms. The van der Waals surface area contributed by atoms with Crippen molar-refractivity contribution in [2.24, 2.45) is 16.7 Å². The molecule has 194 valence electrons.